The molecular weight excluding hydrogens is 156 g/mol. The zero-order valence-electron chi connectivity index (χ0n) is 8.13. The Kier molecular flexibility index (Phi) is 7.12. The molecule has 2 nitrogen and oxygen atoms in total. The number of rotatable bonds is 6. The van der Waals surface area contributed by atoms with Crippen LogP contribution in [0.4, 0.5) is 0 Å². The molecule has 0 heterocycles. The summed E-state index contributed by atoms with van der Waals surface area (Å²) in [5.41, 5.74) is 0. The van der Waals surface area contributed by atoms with Gasteiger partial charge in [0, 0.05) is 21.1 Å². The summed E-state index contributed by atoms with van der Waals surface area (Å²) in [6.07, 6.45) is 2.64. The predicted octanol–water partition coefficient (Wildman–Crippen LogP) is 1.89. The molecule has 0 aliphatic carbocycles. The lowest BCUT2D eigenvalue weighted by Crippen LogP contribution is -2.32. The van der Waals surface area contributed by atoms with Gasteiger partial charge in [-0.3, -0.25) is 0 Å². The third-order valence-corrected chi connectivity index (χ3v) is 2.74. The number of hydrazine groups is 1. The monoisotopic (exact) mass is 176 g/mol. The Morgan fingerprint density at radius 1 is 1.18 bits per heavy atom. The van der Waals surface area contributed by atoms with Crippen molar-refractivity contribution in [1.29, 1.82) is 0 Å². The van der Waals surface area contributed by atoms with Crippen molar-refractivity contribution >= 4 is 11.8 Å². The van der Waals surface area contributed by atoms with Gasteiger partial charge in [-0.1, -0.05) is 13.3 Å². The van der Waals surface area contributed by atoms with Gasteiger partial charge in [-0.15, -0.1) is 11.8 Å². The molecule has 0 spiro atoms. The first-order valence-electron chi connectivity index (χ1n) is 4.14. The number of unbranched alkanes of at least 4 members (excludes halogenated alkanes) is 1. The fourth-order valence-electron chi connectivity index (χ4n) is 0.559. The van der Waals surface area contributed by atoms with Crippen LogP contribution in [0.15, 0.2) is 0 Å². The van der Waals surface area contributed by atoms with Crippen molar-refractivity contribution in [1.82, 2.24) is 10.0 Å². The number of hydrogen-bond donors (Lipinski definition) is 0. The van der Waals surface area contributed by atoms with Crippen LogP contribution in [0.1, 0.15) is 19.8 Å². The fourth-order valence-corrected chi connectivity index (χ4v) is 1.68. The molecule has 0 aromatic heterocycles. The average molecular weight is 176 g/mol. The fraction of sp³-hybridized carbons (Fsp3) is 1.00. The Hall–Kier alpha value is 0.270. The van der Waals surface area contributed by atoms with Crippen LogP contribution in [0, 0.1) is 0 Å². The summed E-state index contributed by atoms with van der Waals surface area (Å²) in [6.45, 7) is 2.23. The normalized spacial score (nSPS) is 11.5. The third-order valence-electron chi connectivity index (χ3n) is 1.60. The molecule has 0 aliphatic rings. The molecule has 0 rings (SSSR count). The first-order valence-corrected chi connectivity index (χ1v) is 5.30. The van der Waals surface area contributed by atoms with E-state index in [2.05, 4.69) is 38.1 Å². The third kappa shape index (κ3) is 6.66. The molecule has 0 aromatic rings. The van der Waals surface area contributed by atoms with Crippen LogP contribution in [0.3, 0.4) is 0 Å². The maximum atomic E-state index is 2.23. The second-order valence-electron chi connectivity index (χ2n) is 2.90. The van der Waals surface area contributed by atoms with E-state index < -0.39 is 0 Å². The van der Waals surface area contributed by atoms with Crippen molar-refractivity contribution in [3.05, 3.63) is 0 Å². The zero-order chi connectivity index (χ0) is 8.69. The smallest absolute Gasteiger partial charge is 0.0586 e. The Morgan fingerprint density at radius 3 is 2.27 bits per heavy atom. The van der Waals surface area contributed by atoms with E-state index in [1.54, 1.807) is 0 Å². The van der Waals surface area contributed by atoms with Crippen LogP contribution >= 0.6 is 11.8 Å². The molecule has 0 unspecified atom stereocenters. The summed E-state index contributed by atoms with van der Waals surface area (Å²) in [7, 11) is 6.25. The van der Waals surface area contributed by atoms with E-state index >= 15 is 0 Å². The van der Waals surface area contributed by atoms with Gasteiger partial charge in [-0.25, -0.2) is 10.0 Å². The zero-order valence-corrected chi connectivity index (χ0v) is 8.95. The van der Waals surface area contributed by atoms with E-state index in [-0.39, 0.29) is 0 Å². The second-order valence-corrected chi connectivity index (χ2v) is 3.97. The first kappa shape index (κ1) is 11.3. The quantitative estimate of drug-likeness (QED) is 0.347. The van der Waals surface area contributed by atoms with E-state index in [9.17, 15) is 0 Å². The second kappa shape index (κ2) is 6.95. The van der Waals surface area contributed by atoms with Crippen LogP contribution in [0.2, 0.25) is 0 Å². The lowest BCUT2D eigenvalue weighted by atomic mass is 10.4. The summed E-state index contributed by atoms with van der Waals surface area (Å²) in [6, 6.07) is 0. The van der Waals surface area contributed by atoms with Gasteiger partial charge in [-0.2, -0.15) is 0 Å². The molecule has 0 amide bonds. The molecule has 0 aromatic carbocycles. The number of hydrogen-bond acceptors (Lipinski definition) is 3. The predicted molar refractivity (Wildman–Crippen MR) is 53.7 cm³/mol. The van der Waals surface area contributed by atoms with Gasteiger partial charge >= 0.3 is 0 Å². The Morgan fingerprint density at radius 2 is 1.82 bits per heavy atom. The van der Waals surface area contributed by atoms with Crippen LogP contribution in [-0.4, -0.2) is 42.8 Å². The highest BCUT2D eigenvalue weighted by Gasteiger charge is 1.98. The van der Waals surface area contributed by atoms with Crippen molar-refractivity contribution in [3.8, 4) is 0 Å². The van der Waals surface area contributed by atoms with Crippen LogP contribution < -0.4 is 0 Å². The van der Waals surface area contributed by atoms with Gasteiger partial charge in [-0.05, 0) is 12.2 Å². The summed E-state index contributed by atoms with van der Waals surface area (Å²) in [5, 5.41) is 4.32. The maximum Gasteiger partial charge on any atom is 0.0586 e. The van der Waals surface area contributed by atoms with Crippen molar-refractivity contribution in [3.63, 3.8) is 0 Å². The number of thioether (sulfide) groups is 1. The van der Waals surface area contributed by atoms with Crippen LogP contribution in [0.5, 0.6) is 0 Å². The molecule has 0 radical (unpaired) electrons. The molecule has 0 saturated carbocycles. The minimum absolute atomic E-state index is 1.10. The first-order chi connectivity index (χ1) is 5.18. The van der Waals surface area contributed by atoms with Crippen molar-refractivity contribution in [2.75, 3.05) is 32.8 Å². The lowest BCUT2D eigenvalue weighted by molar-refractivity contribution is 0.0812. The van der Waals surface area contributed by atoms with E-state index in [1.165, 1.54) is 18.6 Å². The summed E-state index contributed by atoms with van der Waals surface area (Å²) < 4.78 is 0. The highest BCUT2D eigenvalue weighted by Crippen LogP contribution is 2.05. The van der Waals surface area contributed by atoms with Gasteiger partial charge in [0.2, 0.25) is 0 Å². The number of nitrogens with zero attached hydrogens (tertiary/aromatic N) is 2. The van der Waals surface area contributed by atoms with E-state index in [1.807, 2.05) is 11.8 Å². The molecule has 0 fully saturated rings. The Labute approximate surface area is 74.9 Å². The molecule has 0 atom stereocenters. The van der Waals surface area contributed by atoms with E-state index in [0.717, 1.165) is 5.88 Å². The summed E-state index contributed by atoms with van der Waals surface area (Å²) >= 11 is 2.00. The topological polar surface area (TPSA) is 6.48 Å². The van der Waals surface area contributed by atoms with Crippen molar-refractivity contribution < 1.29 is 0 Å². The molecule has 3 heteroatoms. The minimum atomic E-state index is 1.10. The molecule has 0 aliphatic heterocycles. The van der Waals surface area contributed by atoms with E-state index in [0.29, 0.717) is 0 Å². The summed E-state index contributed by atoms with van der Waals surface area (Å²) in [5.74, 6) is 2.39. The Bertz CT molecular complexity index is 86.2. The largest absolute Gasteiger partial charge is 0.247 e. The van der Waals surface area contributed by atoms with Gasteiger partial charge in [0.1, 0.15) is 0 Å². The molecule has 68 valence electrons. The molecular formula is C8H20N2S. The maximum absolute atomic E-state index is 2.23. The highest BCUT2D eigenvalue weighted by molar-refractivity contribution is 7.99. The lowest BCUT2D eigenvalue weighted by Gasteiger charge is -2.23. The van der Waals surface area contributed by atoms with Crippen molar-refractivity contribution in [2.24, 2.45) is 0 Å². The highest BCUT2D eigenvalue weighted by atomic mass is 32.2. The molecule has 0 saturated heterocycles. The van der Waals surface area contributed by atoms with Gasteiger partial charge in [0.25, 0.3) is 0 Å². The minimum Gasteiger partial charge on any atom is -0.247 e. The van der Waals surface area contributed by atoms with Gasteiger partial charge in [0.05, 0.1) is 5.88 Å². The average Bonchev–Trinajstić information content (AvgIpc) is 1.97. The standard InChI is InChI=1S/C8H20N2S/c1-5-6-7-11-8-10(4)9(2)3/h5-8H2,1-4H3. The summed E-state index contributed by atoms with van der Waals surface area (Å²) in [4.78, 5) is 0. The van der Waals surface area contributed by atoms with E-state index in [4.69, 9.17) is 0 Å². The van der Waals surface area contributed by atoms with Gasteiger partial charge < -0.3 is 0 Å². The molecule has 0 N–H and O–H groups in total. The molecule has 0 bridgehead atoms. The van der Waals surface area contributed by atoms with Crippen molar-refractivity contribution in [2.45, 2.75) is 19.8 Å². The Balaban J connectivity index is 3.10. The molecule has 11 heavy (non-hydrogen) atoms. The van der Waals surface area contributed by atoms with Crippen LogP contribution in [0.25, 0.3) is 0 Å². The van der Waals surface area contributed by atoms with Crippen LogP contribution in [-0.2, 0) is 0 Å². The SMILES string of the molecule is CCCCSCN(C)N(C)C. The van der Waals surface area contributed by atoms with Gasteiger partial charge in [0.15, 0.2) is 0 Å².